The van der Waals surface area contributed by atoms with Crippen molar-refractivity contribution < 1.29 is 54.2 Å². The quantitative estimate of drug-likeness (QED) is 0.608. The Labute approximate surface area is 156 Å². The molecule has 0 saturated heterocycles. The molecule has 1 unspecified atom stereocenters. The highest BCUT2D eigenvalue weighted by molar-refractivity contribution is 5.75. The lowest BCUT2D eigenvalue weighted by molar-refractivity contribution is -0.145. The third kappa shape index (κ3) is 5.55. The van der Waals surface area contributed by atoms with Crippen LogP contribution in [0.25, 0.3) is 0 Å². The number of carboxylic acids is 1. The van der Waals surface area contributed by atoms with Crippen LogP contribution in [0.15, 0.2) is 42.5 Å². The maximum atomic E-state index is 12.9. The number of rotatable bonds is 4. The van der Waals surface area contributed by atoms with Crippen molar-refractivity contribution in [2.75, 3.05) is 0 Å². The Bertz CT molecular complexity index is 849. The van der Waals surface area contributed by atoms with E-state index in [1.165, 1.54) is 0 Å². The van der Waals surface area contributed by atoms with Crippen molar-refractivity contribution in [2.45, 2.75) is 24.6 Å². The van der Waals surface area contributed by atoms with Crippen LogP contribution in [0.4, 0.5) is 39.5 Å². The van der Waals surface area contributed by atoms with Crippen molar-refractivity contribution in [1.82, 2.24) is 0 Å². The minimum absolute atomic E-state index is 0.162. The van der Waals surface area contributed by atoms with Crippen molar-refractivity contribution in [3.63, 3.8) is 0 Å². The van der Waals surface area contributed by atoms with Crippen LogP contribution in [-0.4, -0.2) is 11.1 Å². The first-order valence-electron chi connectivity index (χ1n) is 7.45. The van der Waals surface area contributed by atoms with E-state index in [4.69, 9.17) is 4.74 Å². The van der Waals surface area contributed by atoms with E-state index in [2.05, 4.69) is 0 Å². The van der Waals surface area contributed by atoms with E-state index in [-0.39, 0.29) is 18.2 Å². The summed E-state index contributed by atoms with van der Waals surface area (Å²) in [5.41, 5.74) is -5.03. The number of hydrogen-bond donors (Lipinski definition) is 1. The van der Waals surface area contributed by atoms with Crippen molar-refractivity contribution in [3.05, 3.63) is 64.7 Å². The maximum Gasteiger partial charge on any atom is 0.416 e. The van der Waals surface area contributed by atoms with Crippen molar-refractivity contribution in [2.24, 2.45) is 0 Å². The fraction of sp³-hybridized carbons (Fsp3) is 0.235. The van der Waals surface area contributed by atoms with Crippen LogP contribution in [0.3, 0.4) is 0 Å². The lowest BCUT2D eigenvalue weighted by atomic mass is 10.1. The first kappa shape index (κ1) is 22.4. The van der Waals surface area contributed by atoms with Crippen LogP contribution < -0.4 is 4.74 Å². The van der Waals surface area contributed by atoms with E-state index in [0.29, 0.717) is 24.3 Å². The van der Waals surface area contributed by atoms with Gasteiger partial charge in [-0.15, -0.1) is 0 Å². The highest BCUT2D eigenvalue weighted by Gasteiger charge is 2.38. The molecule has 0 bridgehead atoms. The number of benzene rings is 2. The van der Waals surface area contributed by atoms with Gasteiger partial charge in [0, 0.05) is 5.56 Å². The molecule has 29 heavy (non-hydrogen) atoms. The summed E-state index contributed by atoms with van der Waals surface area (Å²) in [6.45, 7) is 0. The molecule has 0 radical (unpaired) electrons. The van der Waals surface area contributed by atoms with Crippen LogP contribution in [-0.2, 0) is 23.3 Å². The molecule has 0 amide bonds. The molecule has 0 heterocycles. The van der Waals surface area contributed by atoms with Gasteiger partial charge < -0.3 is 9.84 Å². The van der Waals surface area contributed by atoms with Crippen LogP contribution >= 0.6 is 0 Å². The predicted molar refractivity (Wildman–Crippen MR) is 78.9 cm³/mol. The van der Waals surface area contributed by atoms with Crippen molar-refractivity contribution in [3.8, 4) is 5.75 Å². The topological polar surface area (TPSA) is 46.5 Å². The Morgan fingerprint density at radius 2 is 1.14 bits per heavy atom. The Morgan fingerprint density at radius 3 is 1.48 bits per heavy atom. The SMILES string of the molecule is O=C(O)C(Oc1cc(C(F)(F)F)cc(C(F)(F)F)c1)c1ccc(C(F)(F)F)cc1. The second-order valence-corrected chi connectivity index (χ2v) is 5.70. The molecule has 0 saturated carbocycles. The third-order valence-electron chi connectivity index (χ3n) is 3.58. The van der Waals surface area contributed by atoms with E-state index >= 15 is 0 Å². The Kier molecular flexibility index (Phi) is 5.77. The zero-order chi connectivity index (χ0) is 22.2. The van der Waals surface area contributed by atoms with Gasteiger partial charge in [-0.1, -0.05) is 12.1 Å². The standard InChI is InChI=1S/C17H9F9O3/c18-15(19,20)9-3-1-8(2-4-9)13(14(27)28)29-12-6-10(16(21,22)23)5-11(7-12)17(24,25)26/h1-7,13H,(H,27,28). The predicted octanol–water partition coefficient (Wildman–Crippen LogP) is 5.95. The van der Waals surface area contributed by atoms with Gasteiger partial charge in [-0.25, -0.2) is 4.79 Å². The summed E-state index contributed by atoms with van der Waals surface area (Å²) in [5, 5.41) is 9.18. The normalized spacial score (nSPS) is 13.8. The molecule has 0 fully saturated rings. The molecular formula is C17H9F9O3. The number of hydrogen-bond acceptors (Lipinski definition) is 2. The van der Waals surface area contributed by atoms with Crippen LogP contribution in [0, 0.1) is 0 Å². The summed E-state index contributed by atoms with van der Waals surface area (Å²) in [6.07, 6.45) is -17.3. The number of alkyl halides is 9. The summed E-state index contributed by atoms with van der Waals surface area (Å²) in [7, 11) is 0. The maximum absolute atomic E-state index is 12.9. The molecule has 158 valence electrons. The molecule has 0 aliphatic heterocycles. The summed E-state index contributed by atoms with van der Waals surface area (Å²) in [5.74, 6) is -2.91. The smallest absolute Gasteiger partial charge is 0.416 e. The van der Waals surface area contributed by atoms with E-state index in [1.807, 2.05) is 0 Å². The first-order valence-corrected chi connectivity index (χ1v) is 7.45. The van der Waals surface area contributed by atoms with Crippen molar-refractivity contribution >= 4 is 5.97 Å². The fourth-order valence-corrected chi connectivity index (χ4v) is 2.24. The molecule has 2 rings (SSSR count). The second kappa shape index (κ2) is 7.48. The molecule has 0 spiro atoms. The van der Waals surface area contributed by atoms with Crippen LogP contribution in [0.2, 0.25) is 0 Å². The molecule has 1 N–H and O–H groups in total. The zero-order valence-corrected chi connectivity index (χ0v) is 13.8. The zero-order valence-electron chi connectivity index (χ0n) is 13.8. The molecule has 2 aromatic rings. The Hall–Kier alpha value is -2.92. The average molecular weight is 432 g/mol. The van der Waals surface area contributed by atoms with E-state index in [1.54, 1.807) is 0 Å². The number of ether oxygens (including phenoxy) is 1. The van der Waals surface area contributed by atoms with E-state index in [0.717, 1.165) is 0 Å². The fourth-order valence-electron chi connectivity index (χ4n) is 2.24. The first-order chi connectivity index (χ1) is 13.1. The third-order valence-corrected chi connectivity index (χ3v) is 3.58. The molecule has 12 heteroatoms. The molecule has 2 aromatic carbocycles. The molecule has 3 nitrogen and oxygen atoms in total. The molecule has 1 atom stereocenters. The molecular weight excluding hydrogens is 423 g/mol. The Morgan fingerprint density at radius 1 is 0.724 bits per heavy atom. The summed E-state index contributed by atoms with van der Waals surface area (Å²) in [4.78, 5) is 11.4. The number of carbonyl (C=O) groups is 1. The minimum Gasteiger partial charge on any atom is -0.478 e. The largest absolute Gasteiger partial charge is 0.478 e. The molecule has 0 aromatic heterocycles. The van der Waals surface area contributed by atoms with Gasteiger partial charge in [0.1, 0.15) is 5.75 Å². The van der Waals surface area contributed by atoms with E-state index < -0.39 is 58.6 Å². The monoisotopic (exact) mass is 432 g/mol. The van der Waals surface area contributed by atoms with Crippen LogP contribution in [0.1, 0.15) is 28.4 Å². The van der Waals surface area contributed by atoms with Crippen LogP contribution in [0.5, 0.6) is 5.75 Å². The highest BCUT2D eigenvalue weighted by atomic mass is 19.4. The lowest BCUT2D eigenvalue weighted by Crippen LogP contribution is -2.19. The van der Waals surface area contributed by atoms with Gasteiger partial charge in [-0.3, -0.25) is 0 Å². The summed E-state index contributed by atoms with van der Waals surface area (Å²) < 4.78 is 120. The van der Waals surface area contributed by atoms with Crippen molar-refractivity contribution in [1.29, 1.82) is 0 Å². The minimum atomic E-state index is -5.19. The van der Waals surface area contributed by atoms with Gasteiger partial charge in [0.2, 0.25) is 6.10 Å². The average Bonchev–Trinajstić information content (AvgIpc) is 2.57. The summed E-state index contributed by atoms with van der Waals surface area (Å²) in [6, 6.07) is 2.54. The number of halogens is 9. The second-order valence-electron chi connectivity index (χ2n) is 5.70. The number of aliphatic carboxylic acids is 1. The lowest BCUT2D eigenvalue weighted by Gasteiger charge is -2.19. The van der Waals surface area contributed by atoms with Gasteiger partial charge >= 0.3 is 24.5 Å². The van der Waals surface area contributed by atoms with Gasteiger partial charge in [0.05, 0.1) is 16.7 Å². The van der Waals surface area contributed by atoms with E-state index in [9.17, 15) is 49.4 Å². The van der Waals surface area contributed by atoms with Gasteiger partial charge in [0.25, 0.3) is 0 Å². The molecule has 0 aliphatic carbocycles. The number of carboxylic acid groups (broad SMARTS) is 1. The van der Waals surface area contributed by atoms with Gasteiger partial charge in [0.15, 0.2) is 0 Å². The van der Waals surface area contributed by atoms with Gasteiger partial charge in [-0.2, -0.15) is 39.5 Å². The van der Waals surface area contributed by atoms with Gasteiger partial charge in [-0.05, 0) is 30.3 Å². The highest BCUT2D eigenvalue weighted by Crippen LogP contribution is 2.39. The molecule has 0 aliphatic rings. The summed E-state index contributed by atoms with van der Waals surface area (Å²) >= 11 is 0. The Balaban J connectivity index is 2.46.